The van der Waals surface area contributed by atoms with E-state index in [0.29, 0.717) is 12.6 Å². The summed E-state index contributed by atoms with van der Waals surface area (Å²) in [6.45, 7) is 4.08. The van der Waals surface area contributed by atoms with Crippen LogP contribution in [0, 0.1) is 0 Å². The van der Waals surface area contributed by atoms with E-state index >= 15 is 0 Å². The van der Waals surface area contributed by atoms with Crippen LogP contribution in [0.5, 0.6) is 0 Å². The van der Waals surface area contributed by atoms with Gasteiger partial charge in [0, 0.05) is 24.1 Å². The first-order valence-electron chi connectivity index (χ1n) is 4.99. The fourth-order valence-electron chi connectivity index (χ4n) is 0.896. The maximum absolute atomic E-state index is 11.9. The van der Waals surface area contributed by atoms with Gasteiger partial charge in [0.25, 0.3) is 5.78 Å². The Bertz CT molecular complexity index is 251. The molecule has 0 rings (SSSR count). The molecule has 0 fully saturated rings. The zero-order valence-corrected chi connectivity index (χ0v) is 10.2. The van der Waals surface area contributed by atoms with E-state index in [0.717, 1.165) is 17.9 Å². The average Bonchev–Trinajstić information content (AvgIpc) is 2.16. The quantitative estimate of drug-likeness (QED) is 0.560. The van der Waals surface area contributed by atoms with Crippen molar-refractivity contribution in [3.8, 4) is 0 Å². The van der Waals surface area contributed by atoms with Crippen LogP contribution in [0.3, 0.4) is 0 Å². The van der Waals surface area contributed by atoms with Gasteiger partial charge in [-0.05, 0) is 19.1 Å². The molecule has 0 saturated carbocycles. The van der Waals surface area contributed by atoms with Gasteiger partial charge in [-0.3, -0.25) is 4.79 Å². The predicted molar refractivity (Wildman–Crippen MR) is 60.4 cm³/mol. The van der Waals surface area contributed by atoms with E-state index in [4.69, 9.17) is 0 Å². The average molecular weight is 255 g/mol. The van der Waals surface area contributed by atoms with Crippen LogP contribution in [-0.4, -0.2) is 30.0 Å². The monoisotopic (exact) mass is 255 g/mol. The molecule has 0 aliphatic rings. The van der Waals surface area contributed by atoms with E-state index in [1.54, 1.807) is 11.8 Å². The lowest BCUT2D eigenvalue weighted by Crippen LogP contribution is -2.23. The van der Waals surface area contributed by atoms with Crippen LogP contribution in [0.4, 0.5) is 13.2 Å². The lowest BCUT2D eigenvalue weighted by atomic mass is 10.3. The molecular weight excluding hydrogens is 239 g/mol. The second-order valence-corrected chi connectivity index (χ2v) is 4.45. The Labute approximate surface area is 97.7 Å². The molecule has 0 radical (unpaired) electrons. The highest BCUT2D eigenvalue weighted by Crippen LogP contribution is 2.16. The smallest absolute Gasteiger partial charge is 0.388 e. The van der Waals surface area contributed by atoms with E-state index < -0.39 is 12.0 Å². The molecule has 0 amide bonds. The maximum atomic E-state index is 11.9. The van der Waals surface area contributed by atoms with Crippen molar-refractivity contribution in [3.63, 3.8) is 0 Å². The summed E-state index contributed by atoms with van der Waals surface area (Å²) >= 11 is 1.72. The first kappa shape index (κ1) is 15.3. The third-order valence-electron chi connectivity index (χ3n) is 1.63. The zero-order chi connectivity index (χ0) is 12.6. The lowest BCUT2D eigenvalue weighted by molar-refractivity contribution is -0.165. The van der Waals surface area contributed by atoms with Gasteiger partial charge in [-0.25, -0.2) is 0 Å². The van der Waals surface area contributed by atoms with Gasteiger partial charge in [0.15, 0.2) is 0 Å². The van der Waals surface area contributed by atoms with E-state index in [-0.39, 0.29) is 5.70 Å². The number of alkyl halides is 3. The van der Waals surface area contributed by atoms with Crippen molar-refractivity contribution in [1.82, 2.24) is 5.32 Å². The van der Waals surface area contributed by atoms with E-state index in [1.807, 2.05) is 0 Å². The minimum atomic E-state index is -4.78. The van der Waals surface area contributed by atoms with Crippen molar-refractivity contribution in [1.29, 1.82) is 0 Å². The molecule has 94 valence electrons. The largest absolute Gasteiger partial charge is 0.454 e. The van der Waals surface area contributed by atoms with Gasteiger partial charge in [0.2, 0.25) is 0 Å². The highest BCUT2D eigenvalue weighted by molar-refractivity contribution is 7.99. The van der Waals surface area contributed by atoms with Gasteiger partial charge >= 0.3 is 6.18 Å². The van der Waals surface area contributed by atoms with Gasteiger partial charge < -0.3 is 5.32 Å². The summed E-state index contributed by atoms with van der Waals surface area (Å²) in [5.74, 6) is 0.0317. The van der Waals surface area contributed by atoms with Gasteiger partial charge in [0.05, 0.1) is 0 Å². The Balaban J connectivity index is 3.84. The molecule has 0 heterocycles. The van der Waals surface area contributed by atoms with Gasteiger partial charge in [-0.1, -0.05) is 6.92 Å². The number of ketones is 1. The molecule has 0 aromatic rings. The summed E-state index contributed by atoms with van der Waals surface area (Å²) in [7, 11) is 0. The van der Waals surface area contributed by atoms with Crippen molar-refractivity contribution in [2.45, 2.75) is 26.4 Å². The first-order chi connectivity index (χ1) is 7.38. The number of carbonyl (C=O) groups excluding carboxylic acids is 1. The highest BCUT2D eigenvalue weighted by atomic mass is 32.2. The number of carbonyl (C=O) groups is 1. The number of thioether (sulfide) groups is 1. The Morgan fingerprint density at radius 1 is 1.38 bits per heavy atom. The van der Waals surface area contributed by atoms with Crippen molar-refractivity contribution in [2.24, 2.45) is 0 Å². The minimum Gasteiger partial charge on any atom is -0.388 e. The summed E-state index contributed by atoms with van der Waals surface area (Å²) in [4.78, 5) is 10.6. The van der Waals surface area contributed by atoms with Crippen LogP contribution in [-0.2, 0) is 4.79 Å². The van der Waals surface area contributed by atoms with Crippen LogP contribution in [0.25, 0.3) is 0 Å². The van der Waals surface area contributed by atoms with E-state index in [1.165, 1.54) is 6.92 Å². The highest BCUT2D eigenvalue weighted by Gasteiger charge is 2.36. The number of hydrogen-bond acceptors (Lipinski definition) is 3. The lowest BCUT2D eigenvalue weighted by Gasteiger charge is -2.06. The SMILES string of the molecule is CCCSCCN/C(C)=C\C(=O)C(F)(F)F. The summed E-state index contributed by atoms with van der Waals surface area (Å²) in [6.07, 6.45) is -3.11. The Hall–Kier alpha value is -0.650. The molecule has 0 atom stereocenters. The number of halogens is 3. The number of nitrogens with one attached hydrogen (secondary N) is 1. The third-order valence-corrected chi connectivity index (χ3v) is 2.82. The maximum Gasteiger partial charge on any atom is 0.454 e. The molecule has 1 N–H and O–H groups in total. The molecule has 0 aliphatic carbocycles. The summed E-state index contributed by atoms with van der Waals surface area (Å²) in [5.41, 5.74) is 0.249. The molecule has 0 saturated heterocycles. The van der Waals surface area contributed by atoms with Crippen LogP contribution < -0.4 is 5.32 Å². The minimum absolute atomic E-state index is 0.249. The summed E-state index contributed by atoms with van der Waals surface area (Å²) in [6, 6.07) is 0. The first-order valence-corrected chi connectivity index (χ1v) is 6.14. The second kappa shape index (κ2) is 7.60. The zero-order valence-electron chi connectivity index (χ0n) is 9.36. The second-order valence-electron chi connectivity index (χ2n) is 3.23. The summed E-state index contributed by atoms with van der Waals surface area (Å²) < 4.78 is 35.6. The summed E-state index contributed by atoms with van der Waals surface area (Å²) in [5, 5.41) is 2.76. The van der Waals surface area contributed by atoms with Crippen molar-refractivity contribution < 1.29 is 18.0 Å². The molecule has 0 aliphatic heterocycles. The molecule has 6 heteroatoms. The Morgan fingerprint density at radius 2 is 2.00 bits per heavy atom. The molecule has 0 aromatic carbocycles. The Morgan fingerprint density at radius 3 is 2.50 bits per heavy atom. The van der Waals surface area contributed by atoms with Crippen LogP contribution >= 0.6 is 11.8 Å². The van der Waals surface area contributed by atoms with Gasteiger partial charge in [-0.15, -0.1) is 0 Å². The molecule has 0 bridgehead atoms. The van der Waals surface area contributed by atoms with E-state index in [2.05, 4.69) is 12.2 Å². The molecule has 16 heavy (non-hydrogen) atoms. The van der Waals surface area contributed by atoms with Crippen LogP contribution in [0.1, 0.15) is 20.3 Å². The Kier molecular flexibility index (Phi) is 7.29. The topological polar surface area (TPSA) is 29.1 Å². The normalized spacial score (nSPS) is 12.7. The molecule has 0 unspecified atom stereocenters. The number of rotatable bonds is 7. The standard InChI is InChI=1S/C10H16F3NOS/c1-3-5-16-6-4-14-8(2)7-9(15)10(11,12)13/h7,14H,3-6H2,1-2H3/b8-7-. The predicted octanol–water partition coefficient (Wildman–Crippen LogP) is 2.75. The van der Waals surface area contributed by atoms with Crippen molar-refractivity contribution in [2.75, 3.05) is 18.1 Å². The van der Waals surface area contributed by atoms with E-state index in [9.17, 15) is 18.0 Å². The van der Waals surface area contributed by atoms with Crippen LogP contribution in [0.2, 0.25) is 0 Å². The molecule has 0 aromatic heterocycles. The van der Waals surface area contributed by atoms with Gasteiger partial charge in [0.1, 0.15) is 0 Å². The number of hydrogen-bond donors (Lipinski definition) is 1. The molecular formula is C10H16F3NOS. The van der Waals surface area contributed by atoms with Crippen molar-refractivity contribution >= 4 is 17.5 Å². The van der Waals surface area contributed by atoms with Crippen LogP contribution in [0.15, 0.2) is 11.8 Å². The fraction of sp³-hybridized carbons (Fsp3) is 0.700. The van der Waals surface area contributed by atoms with Crippen molar-refractivity contribution in [3.05, 3.63) is 11.8 Å². The third kappa shape index (κ3) is 7.62. The number of allylic oxidation sites excluding steroid dienone is 2. The fourth-order valence-corrected chi connectivity index (χ4v) is 1.64. The molecule has 2 nitrogen and oxygen atoms in total. The van der Waals surface area contributed by atoms with Gasteiger partial charge in [-0.2, -0.15) is 24.9 Å². The molecule has 0 spiro atoms.